The number of rotatable bonds is 16. The number of nitrogens with one attached hydrogen (secondary N) is 2. The molecule has 2 heterocycles. The number of aromatic nitrogens is 2. The Morgan fingerprint density at radius 1 is 1.07 bits per heavy atom. The van der Waals surface area contributed by atoms with E-state index in [0.29, 0.717) is 37.2 Å². The van der Waals surface area contributed by atoms with E-state index in [1.807, 2.05) is 38.1 Å². The summed E-state index contributed by atoms with van der Waals surface area (Å²) < 4.78 is 53.7. The SMILES string of the molecule is C=CCCC(CCC)c1ccc(Nc2nc(Nc3ccc(CP(OCC)OCC)cc3)ncc2C(F)(F)F)c2c1CN(C)C2=O. The van der Waals surface area contributed by atoms with Crippen LogP contribution in [0.25, 0.3) is 0 Å². The highest BCUT2D eigenvalue weighted by molar-refractivity contribution is 7.46. The van der Waals surface area contributed by atoms with Gasteiger partial charge in [0, 0.05) is 31.6 Å². The third-order valence-electron chi connectivity index (χ3n) is 7.52. The average Bonchev–Trinajstić information content (AvgIpc) is 3.30. The minimum Gasteiger partial charge on any atom is -0.339 e. The lowest BCUT2D eigenvalue weighted by molar-refractivity contribution is -0.137. The molecular formula is C33H41F3N5O3P. The molecule has 0 saturated carbocycles. The number of hydrogen-bond donors (Lipinski definition) is 2. The predicted molar refractivity (Wildman–Crippen MR) is 173 cm³/mol. The van der Waals surface area contributed by atoms with Crippen LogP contribution in [0.5, 0.6) is 0 Å². The largest absolute Gasteiger partial charge is 0.421 e. The smallest absolute Gasteiger partial charge is 0.339 e. The van der Waals surface area contributed by atoms with Crippen LogP contribution in [0.4, 0.5) is 36.3 Å². The maximum absolute atomic E-state index is 14.1. The van der Waals surface area contributed by atoms with E-state index >= 15 is 0 Å². The maximum atomic E-state index is 14.1. The Hall–Kier alpha value is -3.53. The molecule has 12 heteroatoms. The lowest BCUT2D eigenvalue weighted by Gasteiger charge is -2.21. The van der Waals surface area contributed by atoms with E-state index in [9.17, 15) is 18.0 Å². The van der Waals surface area contributed by atoms with Crippen LogP contribution >= 0.6 is 8.38 Å². The van der Waals surface area contributed by atoms with E-state index in [2.05, 4.69) is 34.1 Å². The summed E-state index contributed by atoms with van der Waals surface area (Å²) in [5, 5.41) is 5.85. The van der Waals surface area contributed by atoms with Crippen molar-refractivity contribution in [2.45, 2.75) is 71.3 Å². The van der Waals surface area contributed by atoms with Crippen molar-refractivity contribution in [3.05, 3.63) is 83.1 Å². The molecule has 1 atom stereocenters. The Morgan fingerprint density at radius 2 is 1.78 bits per heavy atom. The molecule has 1 aliphatic rings. The molecule has 0 fully saturated rings. The highest BCUT2D eigenvalue weighted by atomic mass is 31.2. The number of halogens is 3. The van der Waals surface area contributed by atoms with Gasteiger partial charge in [-0.3, -0.25) is 4.79 Å². The third-order valence-corrected chi connectivity index (χ3v) is 9.23. The topological polar surface area (TPSA) is 88.6 Å². The van der Waals surface area contributed by atoms with Gasteiger partial charge in [-0.25, -0.2) is 4.98 Å². The maximum Gasteiger partial charge on any atom is 0.421 e. The van der Waals surface area contributed by atoms with Crippen LogP contribution < -0.4 is 10.6 Å². The van der Waals surface area contributed by atoms with Gasteiger partial charge in [0.25, 0.3) is 5.91 Å². The molecule has 45 heavy (non-hydrogen) atoms. The number of allylic oxidation sites excluding steroid dienone is 1. The van der Waals surface area contributed by atoms with Gasteiger partial charge in [0.2, 0.25) is 5.95 Å². The normalized spacial score (nSPS) is 13.7. The molecule has 242 valence electrons. The Balaban J connectivity index is 1.64. The quantitative estimate of drug-likeness (QED) is 0.119. The molecule has 1 amide bonds. The van der Waals surface area contributed by atoms with Crippen LogP contribution in [0.2, 0.25) is 0 Å². The van der Waals surface area contributed by atoms with E-state index in [4.69, 9.17) is 9.05 Å². The van der Waals surface area contributed by atoms with E-state index < -0.39 is 25.9 Å². The minimum atomic E-state index is -4.72. The van der Waals surface area contributed by atoms with Gasteiger partial charge in [0.05, 0.1) is 24.5 Å². The molecule has 3 aromatic rings. The van der Waals surface area contributed by atoms with Crippen molar-refractivity contribution in [3.63, 3.8) is 0 Å². The fourth-order valence-electron chi connectivity index (χ4n) is 5.45. The van der Waals surface area contributed by atoms with Crippen LogP contribution in [-0.2, 0) is 27.9 Å². The molecule has 4 rings (SSSR count). The van der Waals surface area contributed by atoms with E-state index in [0.717, 1.165) is 48.6 Å². The Kier molecular flexibility index (Phi) is 11.9. The minimum absolute atomic E-state index is 0.0201. The van der Waals surface area contributed by atoms with Crippen LogP contribution in [-0.4, -0.2) is 41.0 Å². The van der Waals surface area contributed by atoms with Crippen LogP contribution in [0, 0.1) is 0 Å². The zero-order valence-electron chi connectivity index (χ0n) is 26.2. The first-order chi connectivity index (χ1) is 21.6. The number of anilines is 4. The van der Waals surface area contributed by atoms with E-state index in [-0.39, 0.29) is 23.5 Å². The summed E-state index contributed by atoms with van der Waals surface area (Å²) in [6.45, 7) is 11.3. The number of nitrogens with zero attached hydrogens (tertiary/aromatic N) is 3. The first kappa shape index (κ1) is 34.3. The van der Waals surface area contributed by atoms with Gasteiger partial charge in [-0.05, 0) is 73.9 Å². The summed E-state index contributed by atoms with van der Waals surface area (Å²) in [4.78, 5) is 23.1. The van der Waals surface area contributed by atoms with Gasteiger partial charge >= 0.3 is 6.18 Å². The van der Waals surface area contributed by atoms with Crippen LogP contribution in [0.1, 0.15) is 85.0 Å². The van der Waals surface area contributed by atoms with Crippen LogP contribution in [0.15, 0.2) is 55.3 Å². The molecule has 8 nitrogen and oxygen atoms in total. The lowest BCUT2D eigenvalue weighted by Crippen LogP contribution is -2.18. The summed E-state index contributed by atoms with van der Waals surface area (Å²) in [7, 11) is 0.648. The molecule has 0 bridgehead atoms. The van der Waals surface area contributed by atoms with Crippen LogP contribution in [0.3, 0.4) is 0 Å². The Labute approximate surface area is 264 Å². The van der Waals surface area contributed by atoms with Gasteiger partial charge in [0.15, 0.2) is 8.38 Å². The molecule has 0 spiro atoms. The number of benzene rings is 2. The van der Waals surface area contributed by atoms with E-state index in [1.165, 1.54) is 0 Å². The van der Waals surface area contributed by atoms with Crippen molar-refractivity contribution < 1.29 is 27.0 Å². The van der Waals surface area contributed by atoms with Crippen molar-refractivity contribution in [2.75, 3.05) is 30.9 Å². The average molecular weight is 644 g/mol. The molecule has 0 saturated heterocycles. The summed E-state index contributed by atoms with van der Waals surface area (Å²) in [5.74, 6) is -0.489. The number of carbonyl (C=O) groups excluding carboxylic acids is 1. The fourth-order valence-corrected chi connectivity index (χ4v) is 6.79. The number of amides is 1. The van der Waals surface area contributed by atoms with Crippen molar-refractivity contribution in [2.24, 2.45) is 0 Å². The summed E-state index contributed by atoms with van der Waals surface area (Å²) >= 11 is 0. The standard InChI is InChI=1S/C33H41F3N5O3P/c1-6-10-12-23(11-7-2)25-17-18-28(29-26(25)20-41(5)31(29)42)39-30-27(33(34,35)36)19-37-32(40-30)38-24-15-13-22(14-16-24)21-45(43-8-3)44-9-4/h6,13-19,23H,1,7-12,20-21H2,2-5H3,(H2,37,38,39,40). The Bertz CT molecular complexity index is 1460. The molecule has 2 aromatic carbocycles. The second-order valence-corrected chi connectivity index (χ2v) is 12.3. The summed E-state index contributed by atoms with van der Waals surface area (Å²) in [6.07, 6.45) is 2.15. The molecule has 0 radical (unpaired) electrons. The van der Waals surface area contributed by atoms with Gasteiger partial charge in [-0.1, -0.05) is 37.6 Å². The molecule has 2 N–H and O–H groups in total. The van der Waals surface area contributed by atoms with Gasteiger partial charge in [-0.15, -0.1) is 6.58 Å². The van der Waals surface area contributed by atoms with Gasteiger partial charge in [-0.2, -0.15) is 18.2 Å². The monoisotopic (exact) mass is 643 g/mol. The van der Waals surface area contributed by atoms with Crippen molar-refractivity contribution in [1.82, 2.24) is 14.9 Å². The van der Waals surface area contributed by atoms with Crippen molar-refractivity contribution in [1.29, 1.82) is 0 Å². The summed E-state index contributed by atoms with van der Waals surface area (Å²) in [6, 6.07) is 11.0. The second-order valence-electron chi connectivity index (χ2n) is 10.8. The Morgan fingerprint density at radius 3 is 2.40 bits per heavy atom. The number of carbonyl (C=O) groups is 1. The predicted octanol–water partition coefficient (Wildman–Crippen LogP) is 9.30. The molecule has 1 unspecified atom stereocenters. The highest BCUT2D eigenvalue weighted by Crippen LogP contribution is 2.43. The van der Waals surface area contributed by atoms with Gasteiger partial charge < -0.3 is 24.6 Å². The summed E-state index contributed by atoms with van der Waals surface area (Å²) in [5.41, 5.74) is 3.12. The first-order valence-electron chi connectivity index (χ1n) is 15.2. The van der Waals surface area contributed by atoms with Crippen molar-refractivity contribution in [3.8, 4) is 0 Å². The highest BCUT2D eigenvalue weighted by Gasteiger charge is 2.37. The molecular weight excluding hydrogens is 602 g/mol. The van der Waals surface area contributed by atoms with E-state index in [1.54, 1.807) is 30.1 Å². The lowest BCUT2D eigenvalue weighted by atomic mass is 9.85. The third kappa shape index (κ3) is 8.60. The zero-order chi connectivity index (χ0) is 32.6. The van der Waals surface area contributed by atoms with Gasteiger partial charge in [0.1, 0.15) is 11.4 Å². The fraction of sp³-hybridized carbons (Fsp3) is 0.424. The number of alkyl halides is 3. The van der Waals surface area contributed by atoms with Crippen molar-refractivity contribution >= 4 is 37.4 Å². The number of hydrogen-bond acceptors (Lipinski definition) is 7. The molecule has 1 aliphatic heterocycles. The molecule has 1 aromatic heterocycles. The second kappa shape index (κ2) is 15.7. The zero-order valence-corrected chi connectivity index (χ0v) is 27.1. The number of fused-ring (bicyclic) bond motifs is 1. The first-order valence-corrected chi connectivity index (χ1v) is 16.6. The molecule has 0 aliphatic carbocycles.